The lowest BCUT2D eigenvalue weighted by molar-refractivity contribution is 0.0288. The molecular formula is C15H21FN2O2. The van der Waals surface area contributed by atoms with Gasteiger partial charge in [0.25, 0.3) is 0 Å². The Morgan fingerprint density at radius 3 is 2.95 bits per heavy atom. The van der Waals surface area contributed by atoms with Crippen LogP contribution in [0.2, 0.25) is 0 Å². The molecule has 0 bridgehead atoms. The highest BCUT2D eigenvalue weighted by atomic mass is 19.1. The summed E-state index contributed by atoms with van der Waals surface area (Å²) in [5, 5.41) is 0. The molecule has 1 unspecified atom stereocenters. The van der Waals surface area contributed by atoms with Gasteiger partial charge in [0.15, 0.2) is 0 Å². The molecule has 1 aromatic heterocycles. The van der Waals surface area contributed by atoms with E-state index in [4.69, 9.17) is 4.74 Å². The number of nitrogens with zero attached hydrogens (tertiary/aromatic N) is 2. The summed E-state index contributed by atoms with van der Waals surface area (Å²) in [7, 11) is 0. The summed E-state index contributed by atoms with van der Waals surface area (Å²) in [4.78, 5) is 17.4. The van der Waals surface area contributed by atoms with Gasteiger partial charge >= 0.3 is 6.09 Å². The molecule has 0 aromatic carbocycles. The average molecular weight is 280 g/mol. The molecule has 1 aliphatic heterocycles. The van der Waals surface area contributed by atoms with Crippen molar-refractivity contribution >= 4 is 6.09 Å². The van der Waals surface area contributed by atoms with E-state index < -0.39 is 5.60 Å². The van der Waals surface area contributed by atoms with Gasteiger partial charge in [0, 0.05) is 19.3 Å². The van der Waals surface area contributed by atoms with E-state index in [1.54, 1.807) is 17.2 Å². The standard InChI is InChI=1S/C15H21FN2O2/c1-15(2,3)20-14(19)18-7-5-11(10-18)8-12-4-6-17-9-13(12)16/h4,6,9,11H,5,7-8,10H2,1-3H3. The Balaban J connectivity index is 1.90. The average Bonchev–Trinajstić information content (AvgIpc) is 2.79. The van der Waals surface area contributed by atoms with Crippen LogP contribution < -0.4 is 0 Å². The fourth-order valence-electron chi connectivity index (χ4n) is 2.37. The Kier molecular flexibility index (Phi) is 4.26. The van der Waals surface area contributed by atoms with Crippen LogP contribution in [0.5, 0.6) is 0 Å². The number of carbonyl (C=O) groups excluding carboxylic acids is 1. The molecular weight excluding hydrogens is 259 g/mol. The number of carbonyl (C=O) groups is 1. The van der Waals surface area contributed by atoms with E-state index in [0.717, 1.165) is 6.42 Å². The van der Waals surface area contributed by atoms with Gasteiger partial charge in [0.2, 0.25) is 0 Å². The fraction of sp³-hybridized carbons (Fsp3) is 0.600. The number of rotatable bonds is 2. The van der Waals surface area contributed by atoms with E-state index in [1.165, 1.54) is 6.20 Å². The minimum Gasteiger partial charge on any atom is -0.444 e. The molecule has 5 heteroatoms. The zero-order valence-corrected chi connectivity index (χ0v) is 12.2. The fourth-order valence-corrected chi connectivity index (χ4v) is 2.37. The minimum absolute atomic E-state index is 0.275. The van der Waals surface area contributed by atoms with E-state index >= 15 is 0 Å². The van der Waals surface area contributed by atoms with E-state index in [9.17, 15) is 9.18 Å². The van der Waals surface area contributed by atoms with E-state index in [-0.39, 0.29) is 17.8 Å². The van der Waals surface area contributed by atoms with Crippen molar-refractivity contribution in [2.45, 2.75) is 39.2 Å². The summed E-state index contributed by atoms with van der Waals surface area (Å²) in [6, 6.07) is 1.70. The summed E-state index contributed by atoms with van der Waals surface area (Å²) in [5.41, 5.74) is 0.183. The highest BCUT2D eigenvalue weighted by Gasteiger charge is 2.30. The molecule has 2 heterocycles. The zero-order valence-electron chi connectivity index (χ0n) is 12.2. The third-order valence-electron chi connectivity index (χ3n) is 3.30. The lowest BCUT2D eigenvalue weighted by atomic mass is 9.99. The predicted octanol–water partition coefficient (Wildman–Crippen LogP) is 3.02. The van der Waals surface area contributed by atoms with Crippen LogP contribution in [0.3, 0.4) is 0 Å². The van der Waals surface area contributed by atoms with Crippen molar-refractivity contribution in [3.8, 4) is 0 Å². The van der Waals surface area contributed by atoms with Crippen LogP contribution in [0.25, 0.3) is 0 Å². The molecule has 1 amide bonds. The number of hydrogen-bond acceptors (Lipinski definition) is 3. The van der Waals surface area contributed by atoms with Gasteiger partial charge in [-0.3, -0.25) is 4.98 Å². The van der Waals surface area contributed by atoms with Crippen LogP contribution in [-0.4, -0.2) is 34.7 Å². The maximum Gasteiger partial charge on any atom is 0.410 e. The van der Waals surface area contributed by atoms with Gasteiger partial charge in [-0.05, 0) is 51.2 Å². The summed E-state index contributed by atoms with van der Waals surface area (Å²) in [6.45, 7) is 6.85. The second-order valence-corrected chi connectivity index (χ2v) is 6.25. The van der Waals surface area contributed by atoms with Crippen molar-refractivity contribution in [1.29, 1.82) is 0 Å². The molecule has 0 aliphatic carbocycles. The number of amides is 1. The molecule has 0 N–H and O–H groups in total. The smallest absolute Gasteiger partial charge is 0.410 e. The first kappa shape index (κ1) is 14.8. The van der Waals surface area contributed by atoms with Gasteiger partial charge in [-0.15, -0.1) is 0 Å². The van der Waals surface area contributed by atoms with Crippen LogP contribution in [0.1, 0.15) is 32.8 Å². The largest absolute Gasteiger partial charge is 0.444 e. The summed E-state index contributed by atoms with van der Waals surface area (Å²) in [5.74, 6) is 0.00244. The van der Waals surface area contributed by atoms with Crippen molar-refractivity contribution in [1.82, 2.24) is 9.88 Å². The lowest BCUT2D eigenvalue weighted by Crippen LogP contribution is -2.35. The normalized spacial score (nSPS) is 19.2. The summed E-state index contributed by atoms with van der Waals surface area (Å²) in [6.07, 6.45) is 4.05. The molecule has 0 saturated carbocycles. The Hall–Kier alpha value is -1.65. The lowest BCUT2D eigenvalue weighted by Gasteiger charge is -2.24. The van der Waals surface area contributed by atoms with Gasteiger partial charge < -0.3 is 9.64 Å². The number of pyridine rings is 1. The monoisotopic (exact) mass is 280 g/mol. The van der Waals surface area contributed by atoms with Crippen LogP contribution >= 0.6 is 0 Å². The summed E-state index contributed by atoms with van der Waals surface area (Å²) >= 11 is 0. The maximum atomic E-state index is 13.6. The molecule has 0 radical (unpaired) electrons. The predicted molar refractivity (Wildman–Crippen MR) is 73.8 cm³/mol. The van der Waals surface area contributed by atoms with Crippen LogP contribution in [-0.2, 0) is 11.2 Å². The van der Waals surface area contributed by atoms with Crippen molar-refractivity contribution in [3.05, 3.63) is 29.8 Å². The zero-order chi connectivity index (χ0) is 14.8. The highest BCUT2D eigenvalue weighted by Crippen LogP contribution is 2.23. The van der Waals surface area contributed by atoms with E-state index in [0.29, 0.717) is 25.1 Å². The molecule has 20 heavy (non-hydrogen) atoms. The number of aromatic nitrogens is 1. The first-order valence-corrected chi connectivity index (χ1v) is 6.91. The number of ether oxygens (including phenoxy) is 1. The third-order valence-corrected chi connectivity index (χ3v) is 3.30. The Morgan fingerprint density at radius 2 is 2.30 bits per heavy atom. The molecule has 110 valence electrons. The molecule has 0 spiro atoms. The SMILES string of the molecule is CC(C)(C)OC(=O)N1CCC(Cc2ccncc2F)C1. The van der Waals surface area contributed by atoms with Crippen LogP contribution in [0.15, 0.2) is 18.5 Å². The van der Waals surface area contributed by atoms with Crippen LogP contribution in [0.4, 0.5) is 9.18 Å². The number of likely N-dealkylation sites (tertiary alicyclic amines) is 1. The molecule has 1 fully saturated rings. The van der Waals surface area contributed by atoms with Crippen molar-refractivity contribution in [2.75, 3.05) is 13.1 Å². The van der Waals surface area contributed by atoms with E-state index in [2.05, 4.69) is 4.98 Å². The second-order valence-electron chi connectivity index (χ2n) is 6.25. The van der Waals surface area contributed by atoms with Gasteiger partial charge in [-0.2, -0.15) is 0 Å². The first-order chi connectivity index (χ1) is 9.35. The Bertz CT molecular complexity index is 485. The van der Waals surface area contributed by atoms with Crippen molar-refractivity contribution in [2.24, 2.45) is 5.92 Å². The topological polar surface area (TPSA) is 42.4 Å². The Morgan fingerprint density at radius 1 is 1.55 bits per heavy atom. The molecule has 1 aliphatic rings. The first-order valence-electron chi connectivity index (χ1n) is 6.91. The van der Waals surface area contributed by atoms with Gasteiger partial charge in [-0.1, -0.05) is 0 Å². The Labute approximate surface area is 118 Å². The van der Waals surface area contributed by atoms with Gasteiger partial charge in [0.1, 0.15) is 11.4 Å². The van der Waals surface area contributed by atoms with Crippen LogP contribution in [0, 0.1) is 11.7 Å². The van der Waals surface area contributed by atoms with Gasteiger partial charge in [-0.25, -0.2) is 9.18 Å². The second kappa shape index (κ2) is 5.77. The van der Waals surface area contributed by atoms with Gasteiger partial charge in [0.05, 0.1) is 6.20 Å². The quantitative estimate of drug-likeness (QED) is 0.836. The number of halogens is 1. The van der Waals surface area contributed by atoms with E-state index in [1.807, 2.05) is 20.8 Å². The molecule has 1 saturated heterocycles. The van der Waals surface area contributed by atoms with Crippen molar-refractivity contribution < 1.29 is 13.9 Å². The third kappa shape index (κ3) is 3.92. The van der Waals surface area contributed by atoms with Crippen molar-refractivity contribution in [3.63, 3.8) is 0 Å². The highest BCUT2D eigenvalue weighted by molar-refractivity contribution is 5.68. The number of hydrogen-bond donors (Lipinski definition) is 0. The molecule has 4 nitrogen and oxygen atoms in total. The molecule has 2 rings (SSSR count). The maximum absolute atomic E-state index is 13.6. The minimum atomic E-state index is -0.480. The summed E-state index contributed by atoms with van der Waals surface area (Å²) < 4.78 is 18.9. The molecule has 1 aromatic rings. The molecule has 1 atom stereocenters.